The second kappa shape index (κ2) is 13.3. The smallest absolute Gasteiger partial charge is 0.326 e. The van der Waals surface area contributed by atoms with E-state index in [1.165, 1.54) is 39.5 Å². The predicted molar refractivity (Wildman–Crippen MR) is 145 cm³/mol. The molecule has 3 N–H and O–H groups in total. The highest BCUT2D eigenvalue weighted by molar-refractivity contribution is 9.10. The number of carboxylic acids is 1. The van der Waals surface area contributed by atoms with E-state index in [1.807, 2.05) is 6.07 Å². The Labute approximate surface area is 228 Å². The third-order valence-electron chi connectivity index (χ3n) is 5.49. The minimum absolute atomic E-state index is 0.0638. The summed E-state index contributed by atoms with van der Waals surface area (Å²) in [4.78, 5) is 38.5. The molecule has 1 atom stereocenters. The highest BCUT2D eigenvalue weighted by Gasteiger charge is 2.24. The Hall–Kier alpha value is -4.31. The van der Waals surface area contributed by atoms with E-state index < -0.39 is 23.8 Å². The lowest BCUT2D eigenvalue weighted by molar-refractivity contribution is -0.141. The van der Waals surface area contributed by atoms with Crippen molar-refractivity contribution in [3.63, 3.8) is 0 Å². The number of carboxylic acid groups (broad SMARTS) is 1. The largest absolute Gasteiger partial charge is 0.493 e. The molecule has 1 unspecified atom stereocenters. The molecular formula is C28H27BrN2O7. The van der Waals surface area contributed by atoms with Crippen LogP contribution in [0.15, 0.2) is 76.9 Å². The van der Waals surface area contributed by atoms with Crippen LogP contribution in [-0.4, -0.2) is 50.3 Å². The summed E-state index contributed by atoms with van der Waals surface area (Å²) >= 11 is 3.36. The van der Waals surface area contributed by atoms with Crippen molar-refractivity contribution in [3.05, 3.63) is 93.6 Å². The van der Waals surface area contributed by atoms with Crippen molar-refractivity contribution >= 4 is 39.8 Å². The second-order valence-electron chi connectivity index (χ2n) is 8.03. The Morgan fingerprint density at radius 2 is 1.53 bits per heavy atom. The van der Waals surface area contributed by atoms with Gasteiger partial charge in [-0.15, -0.1) is 0 Å². The van der Waals surface area contributed by atoms with Gasteiger partial charge in [0.1, 0.15) is 11.7 Å². The average Bonchev–Trinajstić information content (AvgIpc) is 2.92. The van der Waals surface area contributed by atoms with Crippen molar-refractivity contribution in [2.24, 2.45) is 0 Å². The molecule has 0 aliphatic carbocycles. The van der Waals surface area contributed by atoms with Crippen molar-refractivity contribution in [3.8, 4) is 17.2 Å². The Morgan fingerprint density at radius 1 is 0.921 bits per heavy atom. The first-order valence-electron chi connectivity index (χ1n) is 11.4. The summed E-state index contributed by atoms with van der Waals surface area (Å²) in [7, 11) is 4.28. The molecule has 0 spiro atoms. The van der Waals surface area contributed by atoms with Crippen molar-refractivity contribution in [2.45, 2.75) is 12.5 Å². The number of carbonyl (C=O) groups is 3. The molecule has 9 nitrogen and oxygen atoms in total. The number of hydrogen-bond donors (Lipinski definition) is 3. The molecular weight excluding hydrogens is 556 g/mol. The van der Waals surface area contributed by atoms with Crippen LogP contribution in [0.3, 0.4) is 0 Å². The molecule has 0 aliphatic heterocycles. The predicted octanol–water partition coefficient (Wildman–Crippen LogP) is 4.06. The van der Waals surface area contributed by atoms with Crippen LogP contribution in [0.25, 0.3) is 6.08 Å². The van der Waals surface area contributed by atoms with Crippen molar-refractivity contribution in [1.29, 1.82) is 0 Å². The van der Waals surface area contributed by atoms with Crippen LogP contribution in [0, 0.1) is 0 Å². The van der Waals surface area contributed by atoms with E-state index in [9.17, 15) is 19.5 Å². The lowest BCUT2D eigenvalue weighted by atomic mass is 10.1. The molecule has 3 rings (SSSR count). The van der Waals surface area contributed by atoms with E-state index in [0.29, 0.717) is 11.3 Å². The maximum atomic E-state index is 13.3. The van der Waals surface area contributed by atoms with Crippen LogP contribution in [0.5, 0.6) is 17.2 Å². The van der Waals surface area contributed by atoms with Gasteiger partial charge in [-0.2, -0.15) is 0 Å². The van der Waals surface area contributed by atoms with E-state index in [2.05, 4.69) is 26.6 Å². The monoisotopic (exact) mass is 582 g/mol. The molecule has 3 aromatic rings. The normalized spacial score (nSPS) is 11.7. The Morgan fingerprint density at radius 3 is 2.05 bits per heavy atom. The maximum absolute atomic E-state index is 13.3. The third kappa shape index (κ3) is 7.36. The summed E-state index contributed by atoms with van der Waals surface area (Å²) < 4.78 is 16.8. The average molecular weight is 583 g/mol. The van der Waals surface area contributed by atoms with E-state index in [0.717, 1.165) is 10.0 Å². The molecule has 3 aromatic carbocycles. The number of methoxy groups -OCH3 is 3. The van der Waals surface area contributed by atoms with Crippen molar-refractivity contribution < 1.29 is 33.7 Å². The summed E-state index contributed by atoms with van der Waals surface area (Å²) in [5.41, 5.74) is 1.33. The number of hydrogen-bond acceptors (Lipinski definition) is 6. The van der Waals surface area contributed by atoms with Gasteiger partial charge in [0.2, 0.25) is 5.75 Å². The Balaban J connectivity index is 1.93. The number of rotatable bonds is 11. The second-order valence-corrected chi connectivity index (χ2v) is 8.95. The van der Waals surface area contributed by atoms with Gasteiger partial charge < -0.3 is 30.0 Å². The van der Waals surface area contributed by atoms with Crippen molar-refractivity contribution in [1.82, 2.24) is 10.6 Å². The van der Waals surface area contributed by atoms with E-state index in [4.69, 9.17) is 14.2 Å². The molecule has 0 saturated carbocycles. The molecule has 198 valence electrons. The summed E-state index contributed by atoms with van der Waals surface area (Å²) in [6.45, 7) is 0. The third-order valence-corrected chi connectivity index (χ3v) is 6.02. The topological polar surface area (TPSA) is 123 Å². The van der Waals surface area contributed by atoms with Crippen LogP contribution in [0.1, 0.15) is 21.5 Å². The van der Waals surface area contributed by atoms with E-state index in [-0.39, 0.29) is 29.2 Å². The standard InChI is InChI=1S/C28H27BrN2O7/c1-36-23-15-19(16-24(37-2)25(23)38-3)26(32)30-21(13-18-9-11-20(29)12-10-18)27(33)31-22(28(34)35)14-17-7-5-4-6-8-17/h4-13,15-16,22H,14H2,1-3H3,(H,30,32)(H,31,33)(H,34,35)/b21-13+. The summed E-state index contributed by atoms with van der Waals surface area (Å²) in [5.74, 6) is -1.79. The fourth-order valence-electron chi connectivity index (χ4n) is 3.58. The SMILES string of the molecule is COc1cc(C(=O)N/C(=C/c2ccc(Br)cc2)C(=O)NC(Cc2ccccc2)C(=O)O)cc(OC)c1OC. The van der Waals surface area contributed by atoms with E-state index in [1.54, 1.807) is 48.5 Å². The molecule has 0 aromatic heterocycles. The number of aliphatic carboxylic acids is 1. The number of amides is 2. The molecule has 0 saturated heterocycles. The van der Waals surface area contributed by atoms with Crippen LogP contribution in [0.4, 0.5) is 0 Å². The Kier molecular flexibility index (Phi) is 9.89. The van der Waals surface area contributed by atoms with Crippen molar-refractivity contribution in [2.75, 3.05) is 21.3 Å². The van der Waals surface area contributed by atoms with Crippen LogP contribution in [-0.2, 0) is 16.0 Å². The molecule has 0 radical (unpaired) electrons. The van der Waals surface area contributed by atoms with Gasteiger partial charge in [-0.25, -0.2) is 4.79 Å². The van der Waals surface area contributed by atoms with Gasteiger partial charge in [0.15, 0.2) is 11.5 Å². The molecule has 38 heavy (non-hydrogen) atoms. The summed E-state index contributed by atoms with van der Waals surface area (Å²) in [5, 5.41) is 14.9. The minimum atomic E-state index is -1.23. The lowest BCUT2D eigenvalue weighted by Gasteiger charge is -2.18. The number of carbonyl (C=O) groups excluding carboxylic acids is 2. The van der Waals surface area contributed by atoms with Crippen LogP contribution in [0.2, 0.25) is 0 Å². The molecule has 0 bridgehead atoms. The number of ether oxygens (including phenoxy) is 3. The van der Waals surface area contributed by atoms with Gasteiger partial charge in [-0.1, -0.05) is 58.4 Å². The number of nitrogens with one attached hydrogen (secondary N) is 2. The van der Waals surface area contributed by atoms with Gasteiger partial charge >= 0.3 is 5.97 Å². The lowest BCUT2D eigenvalue weighted by Crippen LogP contribution is -2.45. The fourth-order valence-corrected chi connectivity index (χ4v) is 3.84. The zero-order chi connectivity index (χ0) is 27.7. The Bertz CT molecular complexity index is 1300. The van der Waals surface area contributed by atoms with Crippen LogP contribution >= 0.6 is 15.9 Å². The molecule has 0 heterocycles. The zero-order valence-electron chi connectivity index (χ0n) is 21.0. The van der Waals surface area contributed by atoms with Gasteiger partial charge in [-0.05, 0) is 41.5 Å². The first-order chi connectivity index (χ1) is 18.2. The summed E-state index contributed by atoms with van der Waals surface area (Å²) in [6.07, 6.45) is 1.52. The van der Waals surface area contributed by atoms with Crippen LogP contribution < -0.4 is 24.8 Å². The highest BCUT2D eigenvalue weighted by atomic mass is 79.9. The number of benzene rings is 3. The van der Waals surface area contributed by atoms with E-state index >= 15 is 0 Å². The minimum Gasteiger partial charge on any atom is -0.493 e. The quantitative estimate of drug-likeness (QED) is 0.291. The first kappa shape index (κ1) is 28.3. The number of halogens is 1. The molecule has 0 aliphatic rings. The molecule has 2 amide bonds. The molecule has 0 fully saturated rings. The van der Waals surface area contributed by atoms with Gasteiger partial charge in [0.25, 0.3) is 11.8 Å². The summed E-state index contributed by atoms with van der Waals surface area (Å²) in [6, 6.07) is 17.6. The highest BCUT2D eigenvalue weighted by Crippen LogP contribution is 2.38. The zero-order valence-corrected chi connectivity index (χ0v) is 22.6. The maximum Gasteiger partial charge on any atom is 0.326 e. The fraction of sp³-hybridized carbons (Fsp3) is 0.179. The van der Waals surface area contributed by atoms with Gasteiger partial charge in [0.05, 0.1) is 21.3 Å². The van der Waals surface area contributed by atoms with Gasteiger partial charge in [0, 0.05) is 16.5 Å². The van der Waals surface area contributed by atoms with Gasteiger partial charge in [-0.3, -0.25) is 9.59 Å². The molecule has 10 heteroatoms. The first-order valence-corrected chi connectivity index (χ1v) is 12.2.